The molecule has 0 spiro atoms. The van der Waals surface area contributed by atoms with Crippen LogP contribution in [0.5, 0.6) is 0 Å². The molecule has 0 radical (unpaired) electrons. The first-order chi connectivity index (χ1) is 9.02. The molecule has 1 unspecified atom stereocenters. The van der Waals surface area contributed by atoms with Crippen LogP contribution in [0.2, 0.25) is 0 Å². The van der Waals surface area contributed by atoms with Gasteiger partial charge in [0, 0.05) is 12.6 Å². The Morgan fingerprint density at radius 3 is 2.95 bits per heavy atom. The highest BCUT2D eigenvalue weighted by Gasteiger charge is 2.33. The number of hydrogen-bond acceptors (Lipinski definition) is 7. The minimum absolute atomic E-state index is 0.0372. The highest BCUT2D eigenvalue weighted by Crippen LogP contribution is 2.22. The zero-order valence-corrected chi connectivity index (χ0v) is 12.9. The van der Waals surface area contributed by atoms with E-state index in [4.69, 9.17) is 0 Å². The number of carbonyl (C=O) groups is 1. The SMILES string of the molecule is CCN(C(=O)CSc1nncs1)C1CCS(=O)(=O)C1. The van der Waals surface area contributed by atoms with Crippen molar-refractivity contribution in [1.82, 2.24) is 15.1 Å². The Labute approximate surface area is 120 Å². The van der Waals surface area contributed by atoms with Crippen LogP contribution in [0, 0.1) is 0 Å². The van der Waals surface area contributed by atoms with Gasteiger partial charge in [-0.05, 0) is 13.3 Å². The van der Waals surface area contributed by atoms with E-state index >= 15 is 0 Å². The highest BCUT2D eigenvalue weighted by molar-refractivity contribution is 8.01. The predicted molar refractivity (Wildman–Crippen MR) is 75.1 cm³/mol. The van der Waals surface area contributed by atoms with Crippen molar-refractivity contribution in [2.24, 2.45) is 0 Å². The lowest BCUT2D eigenvalue weighted by Gasteiger charge is -2.26. The first kappa shape index (κ1) is 14.7. The number of aromatic nitrogens is 2. The minimum atomic E-state index is -2.96. The van der Waals surface area contributed by atoms with Crippen LogP contribution in [0.1, 0.15) is 13.3 Å². The first-order valence-corrected chi connectivity index (χ1v) is 9.59. The number of rotatable bonds is 5. The molecule has 1 atom stereocenters. The van der Waals surface area contributed by atoms with Gasteiger partial charge in [0.15, 0.2) is 14.2 Å². The number of sulfone groups is 1. The summed E-state index contributed by atoms with van der Waals surface area (Å²) in [5.74, 6) is 0.519. The zero-order chi connectivity index (χ0) is 13.9. The lowest BCUT2D eigenvalue weighted by atomic mass is 10.2. The van der Waals surface area contributed by atoms with Gasteiger partial charge in [-0.2, -0.15) is 0 Å². The topological polar surface area (TPSA) is 80.2 Å². The molecule has 19 heavy (non-hydrogen) atoms. The summed E-state index contributed by atoms with van der Waals surface area (Å²) in [6.45, 7) is 2.41. The summed E-state index contributed by atoms with van der Waals surface area (Å²) >= 11 is 2.73. The van der Waals surface area contributed by atoms with Gasteiger partial charge in [-0.3, -0.25) is 4.79 Å². The lowest BCUT2D eigenvalue weighted by molar-refractivity contribution is -0.129. The molecular formula is C10H15N3O3S3. The second kappa shape index (κ2) is 6.19. The van der Waals surface area contributed by atoms with Crippen LogP contribution in [-0.4, -0.2) is 59.3 Å². The van der Waals surface area contributed by atoms with Crippen LogP contribution in [0.4, 0.5) is 0 Å². The van der Waals surface area contributed by atoms with Gasteiger partial charge in [-0.25, -0.2) is 8.42 Å². The van der Waals surface area contributed by atoms with E-state index in [9.17, 15) is 13.2 Å². The maximum Gasteiger partial charge on any atom is 0.233 e. The van der Waals surface area contributed by atoms with Crippen molar-refractivity contribution in [2.45, 2.75) is 23.7 Å². The fourth-order valence-corrected chi connectivity index (χ4v) is 5.20. The molecule has 1 amide bonds. The molecule has 1 aliphatic rings. The molecule has 2 heterocycles. The third-order valence-electron chi connectivity index (χ3n) is 2.97. The maximum absolute atomic E-state index is 12.1. The molecule has 0 aromatic carbocycles. The molecule has 6 nitrogen and oxygen atoms in total. The molecule has 1 aromatic heterocycles. The van der Waals surface area contributed by atoms with E-state index in [0.717, 1.165) is 4.34 Å². The molecule has 2 rings (SSSR count). The van der Waals surface area contributed by atoms with Crippen LogP contribution >= 0.6 is 23.1 Å². The van der Waals surface area contributed by atoms with Crippen molar-refractivity contribution in [3.8, 4) is 0 Å². The Kier molecular flexibility index (Phi) is 4.80. The van der Waals surface area contributed by atoms with Crippen molar-refractivity contribution >= 4 is 38.8 Å². The van der Waals surface area contributed by atoms with Crippen molar-refractivity contribution in [3.63, 3.8) is 0 Å². The van der Waals surface area contributed by atoms with E-state index in [1.165, 1.54) is 23.1 Å². The summed E-state index contributed by atoms with van der Waals surface area (Å²) in [6, 6.07) is -0.169. The van der Waals surface area contributed by atoms with Crippen LogP contribution in [-0.2, 0) is 14.6 Å². The Hall–Kier alpha value is -0.670. The molecule has 1 saturated heterocycles. The van der Waals surface area contributed by atoms with Crippen LogP contribution < -0.4 is 0 Å². The Morgan fingerprint density at radius 1 is 1.63 bits per heavy atom. The number of carbonyl (C=O) groups excluding carboxylic acids is 1. The van der Waals surface area contributed by atoms with E-state index in [2.05, 4.69) is 10.2 Å². The normalized spacial score (nSPS) is 21.4. The third kappa shape index (κ3) is 3.90. The lowest BCUT2D eigenvalue weighted by Crippen LogP contribution is -2.41. The maximum atomic E-state index is 12.1. The van der Waals surface area contributed by atoms with Crippen molar-refractivity contribution in [2.75, 3.05) is 23.8 Å². The van der Waals surface area contributed by atoms with Crippen LogP contribution in [0.15, 0.2) is 9.85 Å². The molecule has 0 bridgehead atoms. The number of nitrogens with zero attached hydrogens (tertiary/aromatic N) is 3. The Balaban J connectivity index is 1.92. The second-order valence-electron chi connectivity index (χ2n) is 4.23. The van der Waals surface area contributed by atoms with E-state index < -0.39 is 9.84 Å². The highest BCUT2D eigenvalue weighted by atomic mass is 32.2. The molecule has 106 valence electrons. The van der Waals surface area contributed by atoms with Gasteiger partial charge in [0.05, 0.1) is 17.3 Å². The molecule has 1 aliphatic heterocycles. The Bertz CT molecular complexity index is 529. The Morgan fingerprint density at radius 2 is 2.42 bits per heavy atom. The summed E-state index contributed by atoms with van der Waals surface area (Å²) < 4.78 is 23.7. The molecule has 0 saturated carbocycles. The number of hydrogen-bond donors (Lipinski definition) is 0. The van der Waals surface area contributed by atoms with Gasteiger partial charge in [-0.15, -0.1) is 10.2 Å². The van der Waals surface area contributed by atoms with Gasteiger partial charge >= 0.3 is 0 Å². The summed E-state index contributed by atoms with van der Waals surface area (Å²) in [5, 5.41) is 7.56. The monoisotopic (exact) mass is 321 g/mol. The quantitative estimate of drug-likeness (QED) is 0.741. The standard InChI is InChI=1S/C10H15N3O3S3/c1-2-13(8-3-4-19(15,16)6-8)9(14)5-17-10-12-11-7-18-10/h7-8H,2-6H2,1H3. The van der Waals surface area contributed by atoms with E-state index in [0.29, 0.717) is 13.0 Å². The van der Waals surface area contributed by atoms with E-state index in [1.54, 1.807) is 10.4 Å². The number of thioether (sulfide) groups is 1. The fraction of sp³-hybridized carbons (Fsp3) is 0.700. The van der Waals surface area contributed by atoms with E-state index in [-0.39, 0.29) is 29.2 Å². The first-order valence-electron chi connectivity index (χ1n) is 5.90. The molecule has 0 N–H and O–H groups in total. The largest absolute Gasteiger partial charge is 0.338 e. The van der Waals surface area contributed by atoms with Gasteiger partial charge in [0.25, 0.3) is 0 Å². The molecule has 9 heteroatoms. The summed E-state index contributed by atoms with van der Waals surface area (Å²) in [7, 11) is -2.96. The van der Waals surface area contributed by atoms with Crippen molar-refractivity contribution in [3.05, 3.63) is 5.51 Å². The average Bonchev–Trinajstić information content (AvgIpc) is 2.97. The van der Waals surface area contributed by atoms with Gasteiger partial charge < -0.3 is 4.90 Å². The van der Waals surface area contributed by atoms with Crippen LogP contribution in [0.25, 0.3) is 0 Å². The third-order valence-corrected chi connectivity index (χ3v) is 6.56. The molecule has 0 aliphatic carbocycles. The second-order valence-corrected chi connectivity index (χ2v) is 8.51. The number of amides is 1. The molecule has 1 aromatic rings. The van der Waals surface area contributed by atoms with Gasteiger partial charge in [-0.1, -0.05) is 23.1 Å². The predicted octanol–water partition coefficient (Wildman–Crippen LogP) is 0.666. The van der Waals surface area contributed by atoms with Gasteiger partial charge in [0.2, 0.25) is 5.91 Å². The molecular weight excluding hydrogens is 306 g/mol. The summed E-state index contributed by atoms with van der Waals surface area (Å²) in [4.78, 5) is 13.8. The smallest absolute Gasteiger partial charge is 0.233 e. The van der Waals surface area contributed by atoms with E-state index in [1.807, 2.05) is 6.92 Å². The minimum Gasteiger partial charge on any atom is -0.338 e. The van der Waals surface area contributed by atoms with Crippen LogP contribution in [0.3, 0.4) is 0 Å². The fourth-order valence-electron chi connectivity index (χ4n) is 2.09. The van der Waals surface area contributed by atoms with Crippen molar-refractivity contribution in [1.29, 1.82) is 0 Å². The van der Waals surface area contributed by atoms with Crippen molar-refractivity contribution < 1.29 is 13.2 Å². The zero-order valence-electron chi connectivity index (χ0n) is 10.5. The molecule has 1 fully saturated rings. The van der Waals surface area contributed by atoms with Gasteiger partial charge in [0.1, 0.15) is 5.51 Å². The average molecular weight is 321 g/mol. The summed E-state index contributed by atoms with van der Waals surface area (Å²) in [5.41, 5.74) is 1.62. The summed E-state index contributed by atoms with van der Waals surface area (Å²) in [6.07, 6.45) is 0.547.